The Hall–Kier alpha value is -1.19. The zero-order chi connectivity index (χ0) is 17.5. The van der Waals surface area contributed by atoms with E-state index in [-0.39, 0.29) is 0 Å². The van der Waals surface area contributed by atoms with Crippen LogP contribution in [0.3, 0.4) is 0 Å². The molecule has 2 nitrogen and oxygen atoms in total. The van der Waals surface area contributed by atoms with Gasteiger partial charge in [0.15, 0.2) is 4.90 Å². The largest absolute Gasteiger partial charge is 0.494 e. The molecule has 3 heteroatoms. The van der Waals surface area contributed by atoms with Crippen molar-refractivity contribution in [1.29, 1.82) is 0 Å². The van der Waals surface area contributed by atoms with Gasteiger partial charge < -0.3 is 9.47 Å². The molecule has 1 fully saturated rings. The van der Waals surface area contributed by atoms with E-state index >= 15 is 0 Å². The normalized spacial score (nSPS) is 20.2. The number of hydrogen-bond acceptors (Lipinski definition) is 2. The Morgan fingerprint density at radius 3 is 2.72 bits per heavy atom. The Labute approximate surface area is 155 Å². The molecule has 0 aromatic heterocycles. The molecule has 2 aromatic rings. The van der Waals surface area contributed by atoms with Crippen LogP contribution in [-0.2, 0) is 15.6 Å². The molecule has 0 amide bonds. The summed E-state index contributed by atoms with van der Waals surface area (Å²) >= 11 is 0. The van der Waals surface area contributed by atoms with E-state index in [4.69, 9.17) is 9.47 Å². The van der Waals surface area contributed by atoms with Gasteiger partial charge in [0.2, 0.25) is 0 Å². The quantitative estimate of drug-likeness (QED) is 0.429. The van der Waals surface area contributed by atoms with E-state index in [2.05, 4.69) is 50.2 Å². The number of ether oxygens (including phenoxy) is 2. The van der Waals surface area contributed by atoms with Crippen LogP contribution in [0.5, 0.6) is 5.75 Å². The molecule has 0 aliphatic carbocycles. The van der Waals surface area contributed by atoms with Crippen molar-refractivity contribution in [3.63, 3.8) is 0 Å². The number of rotatable bonds is 9. The van der Waals surface area contributed by atoms with Gasteiger partial charge in [0.1, 0.15) is 23.4 Å². The van der Waals surface area contributed by atoms with Gasteiger partial charge in [0.25, 0.3) is 0 Å². The lowest BCUT2D eigenvalue weighted by molar-refractivity contribution is 0.0691. The smallest absolute Gasteiger partial charge is 0.162 e. The van der Waals surface area contributed by atoms with Gasteiger partial charge in [0, 0.05) is 29.3 Å². The van der Waals surface area contributed by atoms with Gasteiger partial charge in [-0.3, -0.25) is 0 Å². The van der Waals surface area contributed by atoms with Crippen LogP contribution in [0.4, 0.5) is 0 Å². The number of fused-ring (bicyclic) bond motifs is 1. The average molecular weight is 360 g/mol. The van der Waals surface area contributed by atoms with E-state index in [1.165, 1.54) is 52.9 Å². The summed E-state index contributed by atoms with van der Waals surface area (Å²) in [6.45, 7) is 6.15. The lowest BCUT2D eigenvalue weighted by atomic mass is 10.1. The fraction of sp³-hybridized carbons (Fsp3) is 0.545. The Balaban J connectivity index is 1.73. The molecule has 1 aliphatic rings. The highest BCUT2D eigenvalue weighted by Crippen LogP contribution is 2.33. The van der Waals surface area contributed by atoms with Crippen molar-refractivity contribution in [2.45, 2.75) is 57.0 Å². The third kappa shape index (κ3) is 4.92. The molecule has 0 radical (unpaired) electrons. The van der Waals surface area contributed by atoms with Crippen molar-refractivity contribution >= 4 is 21.7 Å². The van der Waals surface area contributed by atoms with Crippen molar-refractivity contribution in [2.24, 2.45) is 0 Å². The van der Waals surface area contributed by atoms with Crippen molar-refractivity contribution in [3.8, 4) is 5.75 Å². The van der Waals surface area contributed by atoms with Crippen LogP contribution in [0.25, 0.3) is 10.8 Å². The molecule has 136 valence electrons. The minimum absolute atomic E-state index is 0.303. The molecule has 3 rings (SSSR count). The molecule has 2 atom stereocenters. The maximum Gasteiger partial charge on any atom is 0.162 e. The Morgan fingerprint density at radius 2 is 1.88 bits per heavy atom. The molecule has 0 saturated carbocycles. The summed E-state index contributed by atoms with van der Waals surface area (Å²) in [5.74, 6) is 3.45. The van der Waals surface area contributed by atoms with E-state index < -0.39 is 0 Å². The lowest BCUT2D eigenvalue weighted by Gasteiger charge is -2.10. The molecular weight excluding hydrogens is 328 g/mol. The molecule has 0 N–H and O–H groups in total. The fourth-order valence-corrected chi connectivity index (χ4v) is 5.87. The van der Waals surface area contributed by atoms with E-state index in [1.54, 1.807) is 0 Å². The molecular formula is C22H31O2S+. The molecule has 25 heavy (non-hydrogen) atoms. The molecule has 1 saturated heterocycles. The van der Waals surface area contributed by atoms with E-state index in [0.717, 1.165) is 25.4 Å². The molecule has 2 aromatic carbocycles. The van der Waals surface area contributed by atoms with Crippen molar-refractivity contribution < 1.29 is 9.47 Å². The third-order valence-electron chi connectivity index (χ3n) is 4.82. The summed E-state index contributed by atoms with van der Waals surface area (Å²) in [6.07, 6.45) is 6.33. The lowest BCUT2D eigenvalue weighted by Crippen LogP contribution is -2.15. The first-order valence-corrected chi connectivity index (χ1v) is 11.3. The van der Waals surface area contributed by atoms with Gasteiger partial charge in [0.05, 0.1) is 6.61 Å². The topological polar surface area (TPSA) is 18.5 Å². The van der Waals surface area contributed by atoms with Gasteiger partial charge in [-0.25, -0.2) is 0 Å². The van der Waals surface area contributed by atoms with Crippen LogP contribution in [0.2, 0.25) is 0 Å². The number of benzene rings is 2. The van der Waals surface area contributed by atoms with Crippen LogP contribution >= 0.6 is 0 Å². The van der Waals surface area contributed by atoms with Crippen molar-refractivity contribution in [1.82, 2.24) is 0 Å². The molecule has 2 unspecified atom stereocenters. The predicted octanol–water partition coefficient (Wildman–Crippen LogP) is 5.58. The Kier molecular flexibility index (Phi) is 7.06. The first-order valence-electron chi connectivity index (χ1n) is 9.76. The minimum atomic E-state index is 0.303. The third-order valence-corrected chi connectivity index (χ3v) is 7.30. The number of unbranched alkanes of at least 4 members (excludes halogenated alkanes) is 2. The predicted molar refractivity (Wildman–Crippen MR) is 109 cm³/mol. The fourth-order valence-electron chi connectivity index (χ4n) is 3.29. The number of hydrogen-bond donors (Lipinski definition) is 0. The Bertz CT molecular complexity index is 670. The molecule has 1 heterocycles. The average Bonchev–Trinajstić information content (AvgIpc) is 3.10. The standard InChI is InChI=1S/C22H31O2S/c1-3-5-13-23-19-11-10-18-8-7-9-22(21(18)16-19)25-15-12-20(17-25)24-14-6-4-2/h7-11,16,20H,3-6,12-15,17H2,1-2H3/q+1. The van der Waals surface area contributed by atoms with Crippen LogP contribution in [-0.4, -0.2) is 30.8 Å². The Morgan fingerprint density at radius 1 is 1.04 bits per heavy atom. The van der Waals surface area contributed by atoms with Crippen molar-refractivity contribution in [2.75, 3.05) is 24.7 Å². The highest BCUT2D eigenvalue weighted by Gasteiger charge is 2.36. The van der Waals surface area contributed by atoms with Gasteiger partial charge >= 0.3 is 0 Å². The molecule has 0 spiro atoms. The van der Waals surface area contributed by atoms with E-state index in [1.807, 2.05) is 0 Å². The summed E-state index contributed by atoms with van der Waals surface area (Å²) in [5.41, 5.74) is 0. The second kappa shape index (κ2) is 9.49. The van der Waals surface area contributed by atoms with Crippen LogP contribution in [0.1, 0.15) is 46.0 Å². The minimum Gasteiger partial charge on any atom is -0.494 e. The summed E-state index contributed by atoms with van der Waals surface area (Å²) in [5, 5.41) is 2.69. The summed E-state index contributed by atoms with van der Waals surface area (Å²) < 4.78 is 12.0. The second-order valence-electron chi connectivity index (χ2n) is 6.84. The first-order chi connectivity index (χ1) is 12.3. The molecule has 0 bridgehead atoms. The maximum absolute atomic E-state index is 6.08. The zero-order valence-corrected chi connectivity index (χ0v) is 16.4. The van der Waals surface area contributed by atoms with Crippen LogP contribution in [0, 0.1) is 0 Å². The van der Waals surface area contributed by atoms with Gasteiger partial charge in [-0.15, -0.1) is 0 Å². The maximum atomic E-state index is 6.08. The van der Waals surface area contributed by atoms with Gasteiger partial charge in [-0.1, -0.05) is 44.9 Å². The summed E-state index contributed by atoms with van der Waals surface area (Å²) in [4.78, 5) is 1.50. The highest BCUT2D eigenvalue weighted by atomic mass is 32.2. The van der Waals surface area contributed by atoms with Crippen LogP contribution < -0.4 is 4.74 Å². The van der Waals surface area contributed by atoms with Gasteiger partial charge in [-0.2, -0.15) is 0 Å². The summed E-state index contributed by atoms with van der Waals surface area (Å²) in [6, 6.07) is 13.3. The molecule has 1 aliphatic heterocycles. The SMILES string of the molecule is CCCCOc1ccc2cccc([S+]3CCC(OCCCC)C3)c2c1. The monoisotopic (exact) mass is 359 g/mol. The van der Waals surface area contributed by atoms with Gasteiger partial charge in [-0.05, 0) is 36.4 Å². The van der Waals surface area contributed by atoms with Crippen LogP contribution in [0.15, 0.2) is 41.3 Å². The van der Waals surface area contributed by atoms with E-state index in [0.29, 0.717) is 17.0 Å². The summed E-state index contributed by atoms with van der Waals surface area (Å²) in [7, 11) is 0.303. The van der Waals surface area contributed by atoms with E-state index in [9.17, 15) is 0 Å². The van der Waals surface area contributed by atoms with Crippen molar-refractivity contribution in [3.05, 3.63) is 36.4 Å². The highest BCUT2D eigenvalue weighted by molar-refractivity contribution is 7.97. The first kappa shape index (κ1) is 18.6. The second-order valence-corrected chi connectivity index (χ2v) is 9.01. The zero-order valence-electron chi connectivity index (χ0n) is 15.6.